The summed E-state index contributed by atoms with van der Waals surface area (Å²) in [6.45, 7) is 8.28. The number of hydrogen-bond acceptors (Lipinski definition) is 5. The maximum atomic E-state index is 13.2. The molecule has 8 nitrogen and oxygen atoms in total. The van der Waals surface area contributed by atoms with E-state index in [9.17, 15) is 9.59 Å². The molecule has 2 atom stereocenters. The molecule has 0 aromatic carbocycles. The predicted octanol–water partition coefficient (Wildman–Crippen LogP) is 3.37. The third kappa shape index (κ3) is 5.53. The van der Waals surface area contributed by atoms with Crippen molar-refractivity contribution in [3.8, 4) is 0 Å². The van der Waals surface area contributed by atoms with Gasteiger partial charge in [-0.2, -0.15) is 5.10 Å². The molecule has 3 rings (SSSR count). The van der Waals surface area contributed by atoms with Crippen LogP contribution in [0.15, 0.2) is 6.07 Å². The van der Waals surface area contributed by atoms with E-state index in [2.05, 4.69) is 36.9 Å². The van der Waals surface area contributed by atoms with Gasteiger partial charge in [0, 0.05) is 31.4 Å². The molecule has 1 N–H and O–H groups in total. The van der Waals surface area contributed by atoms with Gasteiger partial charge in [0.25, 0.3) is 5.91 Å². The van der Waals surface area contributed by atoms with Crippen molar-refractivity contribution in [1.82, 2.24) is 20.0 Å². The number of hydrogen-bond donors (Lipinski definition) is 1. The Morgan fingerprint density at radius 2 is 2.07 bits per heavy atom. The van der Waals surface area contributed by atoms with Crippen LogP contribution in [0.3, 0.4) is 0 Å². The van der Waals surface area contributed by atoms with Gasteiger partial charge in [0.05, 0.1) is 18.8 Å². The van der Waals surface area contributed by atoms with Crippen molar-refractivity contribution in [1.29, 1.82) is 0 Å². The second-order valence-corrected chi connectivity index (χ2v) is 8.65. The number of alkyl carbamates (subject to hydrolysis) is 1. The molecule has 2 heterocycles. The maximum absolute atomic E-state index is 13.2. The van der Waals surface area contributed by atoms with E-state index in [0.29, 0.717) is 31.7 Å². The van der Waals surface area contributed by atoms with Crippen molar-refractivity contribution in [3.63, 3.8) is 0 Å². The van der Waals surface area contributed by atoms with E-state index in [-0.39, 0.29) is 18.1 Å². The van der Waals surface area contributed by atoms with E-state index in [1.165, 1.54) is 7.11 Å². The van der Waals surface area contributed by atoms with Gasteiger partial charge in [0.1, 0.15) is 6.10 Å². The number of methoxy groups -OCH3 is 1. The van der Waals surface area contributed by atoms with Gasteiger partial charge in [-0.3, -0.25) is 9.48 Å². The molecular weight excluding hydrogens is 384 g/mol. The van der Waals surface area contributed by atoms with E-state index in [1.807, 2.05) is 9.58 Å². The van der Waals surface area contributed by atoms with Crippen LogP contribution < -0.4 is 5.32 Å². The number of nitrogens with zero attached hydrogens (tertiary/aromatic N) is 3. The van der Waals surface area contributed by atoms with Gasteiger partial charge >= 0.3 is 6.09 Å². The van der Waals surface area contributed by atoms with Crippen molar-refractivity contribution in [2.75, 3.05) is 20.3 Å². The molecule has 8 heteroatoms. The standard InChI is InChI=1S/C22H36N4O4/c1-15(2)19-14-18(24-25(19)12-7-11-23-22(28)29-4)16(3)26(17-9-10-17)21(27)20-8-5-6-13-30-20/h14-17,20H,5-13H2,1-4H3,(H,23,28)/t16-,20-/m1/s1. The second kappa shape index (κ2) is 10.3. The maximum Gasteiger partial charge on any atom is 0.406 e. The fourth-order valence-electron chi connectivity index (χ4n) is 4.08. The zero-order valence-corrected chi connectivity index (χ0v) is 18.7. The van der Waals surface area contributed by atoms with Gasteiger partial charge < -0.3 is 19.7 Å². The van der Waals surface area contributed by atoms with Crippen LogP contribution in [0, 0.1) is 0 Å². The molecule has 1 saturated carbocycles. The van der Waals surface area contributed by atoms with Crippen LogP contribution in [0.5, 0.6) is 0 Å². The lowest BCUT2D eigenvalue weighted by molar-refractivity contribution is -0.149. The van der Waals surface area contributed by atoms with Crippen LogP contribution in [-0.4, -0.2) is 59.1 Å². The van der Waals surface area contributed by atoms with Gasteiger partial charge in [-0.05, 0) is 57.4 Å². The number of amides is 2. The predicted molar refractivity (Wildman–Crippen MR) is 113 cm³/mol. The Morgan fingerprint density at radius 3 is 2.67 bits per heavy atom. The molecule has 0 spiro atoms. The highest BCUT2D eigenvalue weighted by Gasteiger charge is 2.40. The van der Waals surface area contributed by atoms with E-state index >= 15 is 0 Å². The summed E-state index contributed by atoms with van der Waals surface area (Å²) >= 11 is 0. The van der Waals surface area contributed by atoms with E-state index in [1.54, 1.807) is 0 Å². The first-order chi connectivity index (χ1) is 14.4. The van der Waals surface area contributed by atoms with Crippen molar-refractivity contribution >= 4 is 12.0 Å². The summed E-state index contributed by atoms with van der Waals surface area (Å²) in [6, 6.07) is 2.35. The quantitative estimate of drug-likeness (QED) is 0.619. The Morgan fingerprint density at radius 1 is 1.30 bits per heavy atom. The van der Waals surface area contributed by atoms with Gasteiger partial charge in [0.2, 0.25) is 0 Å². The van der Waals surface area contributed by atoms with Gasteiger partial charge in [-0.1, -0.05) is 13.8 Å². The minimum absolute atomic E-state index is 0.0810. The van der Waals surface area contributed by atoms with Gasteiger partial charge in [0.15, 0.2) is 0 Å². The number of carbonyl (C=O) groups is 2. The molecular formula is C22H36N4O4. The summed E-state index contributed by atoms with van der Waals surface area (Å²) in [5.41, 5.74) is 2.07. The highest BCUT2D eigenvalue weighted by Crippen LogP contribution is 2.36. The molecule has 1 aliphatic carbocycles. The van der Waals surface area contributed by atoms with Crippen LogP contribution in [0.25, 0.3) is 0 Å². The summed E-state index contributed by atoms with van der Waals surface area (Å²) in [5.74, 6) is 0.436. The number of aryl methyl sites for hydroxylation is 1. The Hall–Kier alpha value is -2.09. The first kappa shape index (κ1) is 22.6. The highest BCUT2D eigenvalue weighted by atomic mass is 16.5. The minimum Gasteiger partial charge on any atom is -0.453 e. The lowest BCUT2D eigenvalue weighted by Crippen LogP contribution is -2.44. The van der Waals surface area contributed by atoms with E-state index in [4.69, 9.17) is 9.84 Å². The monoisotopic (exact) mass is 420 g/mol. The lowest BCUT2D eigenvalue weighted by atomic mass is 10.1. The molecule has 0 bridgehead atoms. The number of rotatable bonds is 9. The van der Waals surface area contributed by atoms with Crippen LogP contribution in [-0.2, 0) is 20.8 Å². The fourth-order valence-corrected chi connectivity index (χ4v) is 4.08. The normalized spacial score (nSPS) is 20.1. The summed E-state index contributed by atoms with van der Waals surface area (Å²) in [5, 5.41) is 7.57. The van der Waals surface area contributed by atoms with E-state index in [0.717, 1.165) is 49.9 Å². The molecule has 0 radical (unpaired) electrons. The van der Waals surface area contributed by atoms with Crippen LogP contribution >= 0.6 is 0 Å². The second-order valence-electron chi connectivity index (χ2n) is 8.65. The van der Waals surface area contributed by atoms with Gasteiger partial charge in [-0.25, -0.2) is 4.79 Å². The average molecular weight is 421 g/mol. The highest BCUT2D eigenvalue weighted by molar-refractivity contribution is 5.82. The first-order valence-electron chi connectivity index (χ1n) is 11.3. The SMILES string of the molecule is COC(=O)NCCCn1nc([C@@H](C)N(C(=O)[C@H]2CCCCO2)C2CC2)cc1C(C)C. The third-order valence-electron chi connectivity index (χ3n) is 5.92. The van der Waals surface area contributed by atoms with Crippen molar-refractivity contribution in [2.45, 2.75) is 89.9 Å². The summed E-state index contributed by atoms with van der Waals surface area (Å²) in [6.07, 6.45) is 5.04. The Labute approximate surface area is 179 Å². The van der Waals surface area contributed by atoms with Crippen LogP contribution in [0.2, 0.25) is 0 Å². The average Bonchev–Trinajstić information content (AvgIpc) is 3.48. The molecule has 1 aliphatic heterocycles. The number of carbonyl (C=O) groups excluding carboxylic acids is 2. The Balaban J connectivity index is 1.70. The Bertz CT molecular complexity index is 723. The molecule has 168 valence electrons. The molecule has 1 aromatic rings. The molecule has 0 unspecified atom stereocenters. The van der Waals surface area contributed by atoms with Crippen molar-refractivity contribution in [2.24, 2.45) is 0 Å². The first-order valence-corrected chi connectivity index (χ1v) is 11.3. The molecule has 2 fully saturated rings. The number of ether oxygens (including phenoxy) is 2. The lowest BCUT2D eigenvalue weighted by Gasteiger charge is -2.33. The topological polar surface area (TPSA) is 85.7 Å². The molecule has 1 saturated heterocycles. The zero-order valence-electron chi connectivity index (χ0n) is 18.7. The third-order valence-corrected chi connectivity index (χ3v) is 5.92. The largest absolute Gasteiger partial charge is 0.453 e. The Kier molecular flexibility index (Phi) is 7.75. The summed E-state index contributed by atoms with van der Waals surface area (Å²) in [4.78, 5) is 26.5. The fraction of sp³-hybridized carbons (Fsp3) is 0.773. The van der Waals surface area contributed by atoms with E-state index < -0.39 is 6.09 Å². The number of aromatic nitrogens is 2. The molecule has 2 aliphatic rings. The smallest absolute Gasteiger partial charge is 0.406 e. The number of nitrogens with one attached hydrogen (secondary N) is 1. The van der Waals surface area contributed by atoms with Crippen LogP contribution in [0.1, 0.15) is 82.6 Å². The minimum atomic E-state index is -0.419. The summed E-state index contributed by atoms with van der Waals surface area (Å²) < 4.78 is 12.4. The van der Waals surface area contributed by atoms with Crippen LogP contribution in [0.4, 0.5) is 4.79 Å². The molecule has 1 aromatic heterocycles. The molecule has 30 heavy (non-hydrogen) atoms. The molecule has 2 amide bonds. The zero-order chi connectivity index (χ0) is 21.7. The summed E-state index contributed by atoms with van der Waals surface area (Å²) in [7, 11) is 1.36. The van der Waals surface area contributed by atoms with Crippen molar-refractivity contribution in [3.05, 3.63) is 17.5 Å². The van der Waals surface area contributed by atoms with Gasteiger partial charge in [-0.15, -0.1) is 0 Å². The van der Waals surface area contributed by atoms with Crippen molar-refractivity contribution < 1.29 is 19.1 Å².